The van der Waals surface area contributed by atoms with E-state index in [0.717, 1.165) is 5.56 Å². The van der Waals surface area contributed by atoms with Crippen LogP contribution in [0.25, 0.3) is 5.57 Å². The summed E-state index contributed by atoms with van der Waals surface area (Å²) in [6.45, 7) is 6.36. The minimum Gasteiger partial charge on any atom is -0.388 e. The number of nitrogens with zero attached hydrogens (tertiary/aromatic N) is 3. The molecule has 2 aromatic rings. The number of benzene rings is 1. The molecule has 1 amide bonds. The lowest BCUT2D eigenvalue weighted by Gasteiger charge is -2.25. The summed E-state index contributed by atoms with van der Waals surface area (Å²) in [4.78, 5) is 22.7. The van der Waals surface area contributed by atoms with Crippen molar-refractivity contribution in [2.24, 2.45) is 0 Å². The zero-order valence-electron chi connectivity index (χ0n) is 19.9. The Labute approximate surface area is 204 Å². The van der Waals surface area contributed by atoms with Gasteiger partial charge in [0.15, 0.2) is 9.84 Å². The van der Waals surface area contributed by atoms with Crippen molar-refractivity contribution in [2.75, 3.05) is 41.8 Å². The van der Waals surface area contributed by atoms with Gasteiger partial charge in [0.1, 0.15) is 5.82 Å². The van der Waals surface area contributed by atoms with Gasteiger partial charge in [-0.3, -0.25) is 9.69 Å². The lowest BCUT2D eigenvalue weighted by molar-refractivity contribution is -0.117. The largest absolute Gasteiger partial charge is 0.388 e. The van der Waals surface area contributed by atoms with Crippen LogP contribution in [0, 0.1) is 18.2 Å². The van der Waals surface area contributed by atoms with E-state index in [2.05, 4.69) is 25.9 Å². The van der Waals surface area contributed by atoms with E-state index in [9.17, 15) is 17.6 Å². The lowest BCUT2D eigenvalue weighted by atomic mass is 10.1. The van der Waals surface area contributed by atoms with E-state index in [-0.39, 0.29) is 48.8 Å². The fraction of sp³-hybridized carbons (Fsp3) is 0.391. The zero-order valence-corrected chi connectivity index (χ0v) is 20.7. The van der Waals surface area contributed by atoms with Gasteiger partial charge in [0, 0.05) is 49.0 Å². The minimum absolute atomic E-state index is 0.0104. The maximum absolute atomic E-state index is 14.7. The molecule has 4 N–H and O–H groups in total. The number of aromatic nitrogens is 2. The van der Waals surface area contributed by atoms with Gasteiger partial charge in [-0.1, -0.05) is 0 Å². The second kappa shape index (κ2) is 11.4. The molecule has 1 aliphatic heterocycles. The van der Waals surface area contributed by atoms with Crippen LogP contribution in [0.5, 0.6) is 0 Å². The summed E-state index contributed by atoms with van der Waals surface area (Å²) in [7, 11) is -3.03. The Morgan fingerprint density at radius 2 is 2.00 bits per heavy atom. The van der Waals surface area contributed by atoms with Crippen LogP contribution in [0.2, 0.25) is 0 Å². The molecule has 1 saturated heterocycles. The van der Waals surface area contributed by atoms with Gasteiger partial charge in [-0.25, -0.2) is 22.8 Å². The highest BCUT2D eigenvalue weighted by molar-refractivity contribution is 7.91. The van der Waals surface area contributed by atoms with Crippen molar-refractivity contribution in [3.63, 3.8) is 0 Å². The van der Waals surface area contributed by atoms with Crippen LogP contribution in [0.3, 0.4) is 0 Å². The molecule has 3 rings (SSSR count). The molecule has 1 fully saturated rings. The SMILES string of the molecule is Cc1cnc(Nc2ccc(NC(=O)CN3CCS(=O)(=O)CC3)c(F)c2)nc1/C(C=N)=C/NC(C)C. The third-order valence-electron chi connectivity index (χ3n) is 5.28. The Balaban J connectivity index is 1.66. The summed E-state index contributed by atoms with van der Waals surface area (Å²) in [5.41, 5.74) is 2.34. The predicted molar refractivity (Wildman–Crippen MR) is 135 cm³/mol. The molecule has 0 aliphatic carbocycles. The van der Waals surface area contributed by atoms with Crippen molar-refractivity contribution in [3.8, 4) is 0 Å². The van der Waals surface area contributed by atoms with Gasteiger partial charge in [-0.05, 0) is 44.5 Å². The van der Waals surface area contributed by atoms with E-state index in [1.165, 1.54) is 18.3 Å². The Hall–Kier alpha value is -3.38. The number of allylic oxidation sites excluding steroid dienone is 1. The fourth-order valence-electron chi connectivity index (χ4n) is 3.35. The van der Waals surface area contributed by atoms with Crippen molar-refractivity contribution >= 4 is 44.9 Å². The highest BCUT2D eigenvalue weighted by Crippen LogP contribution is 2.22. The van der Waals surface area contributed by atoms with Crippen LogP contribution in [-0.4, -0.2) is 72.6 Å². The first-order valence-electron chi connectivity index (χ1n) is 11.2. The van der Waals surface area contributed by atoms with Gasteiger partial charge in [-0.2, -0.15) is 0 Å². The van der Waals surface area contributed by atoms with Gasteiger partial charge < -0.3 is 21.4 Å². The van der Waals surface area contributed by atoms with Crippen LogP contribution in [-0.2, 0) is 14.6 Å². The van der Waals surface area contributed by atoms with E-state index in [1.54, 1.807) is 23.4 Å². The molecule has 10 nitrogen and oxygen atoms in total. The Morgan fingerprint density at radius 1 is 1.29 bits per heavy atom. The van der Waals surface area contributed by atoms with E-state index < -0.39 is 21.6 Å². The van der Waals surface area contributed by atoms with Crippen LogP contribution in [0.1, 0.15) is 25.1 Å². The van der Waals surface area contributed by atoms with E-state index in [4.69, 9.17) is 5.41 Å². The molecule has 1 aliphatic rings. The van der Waals surface area contributed by atoms with Gasteiger partial charge >= 0.3 is 0 Å². The zero-order chi connectivity index (χ0) is 25.6. The number of anilines is 3. The molecular formula is C23H30FN7O3S. The third-order valence-corrected chi connectivity index (χ3v) is 6.89. The summed E-state index contributed by atoms with van der Waals surface area (Å²) in [6, 6.07) is 4.44. The number of sulfone groups is 1. The topological polar surface area (TPSA) is 140 Å². The second-order valence-corrected chi connectivity index (χ2v) is 10.9. The number of carbonyl (C=O) groups excluding carboxylic acids is 1. The smallest absolute Gasteiger partial charge is 0.238 e. The standard InChI is InChI=1S/C23H30FN7O3S/c1-15(2)26-13-17(11-25)22-16(3)12-27-23(30-22)28-18-4-5-20(19(24)10-18)29-21(32)14-31-6-8-35(33,34)9-7-31/h4-5,10-13,15,25-26H,6-9,14H2,1-3H3,(H,29,32)(H,27,28,30)/b17-13+,25-11?. The first-order valence-corrected chi connectivity index (χ1v) is 13.0. The Morgan fingerprint density at radius 3 is 2.63 bits per heavy atom. The van der Waals surface area contributed by atoms with Crippen molar-refractivity contribution in [2.45, 2.75) is 26.8 Å². The highest BCUT2D eigenvalue weighted by atomic mass is 32.2. The van der Waals surface area contributed by atoms with E-state index in [0.29, 0.717) is 17.0 Å². The molecule has 0 bridgehead atoms. The third kappa shape index (κ3) is 7.55. The second-order valence-electron chi connectivity index (χ2n) is 8.59. The molecule has 188 valence electrons. The summed E-state index contributed by atoms with van der Waals surface area (Å²) in [6.07, 6.45) is 4.54. The van der Waals surface area contributed by atoms with Crippen molar-refractivity contribution in [1.82, 2.24) is 20.2 Å². The summed E-state index contributed by atoms with van der Waals surface area (Å²) < 4.78 is 37.7. The number of hydrogen-bond acceptors (Lipinski definition) is 9. The van der Waals surface area contributed by atoms with Gasteiger partial charge in [-0.15, -0.1) is 0 Å². The van der Waals surface area contributed by atoms with Gasteiger partial charge in [0.25, 0.3) is 0 Å². The van der Waals surface area contributed by atoms with Crippen LogP contribution < -0.4 is 16.0 Å². The lowest BCUT2D eigenvalue weighted by Crippen LogP contribution is -2.43. The molecule has 0 atom stereocenters. The van der Waals surface area contributed by atoms with Gasteiger partial charge in [0.2, 0.25) is 11.9 Å². The Kier molecular flexibility index (Phi) is 8.52. The van der Waals surface area contributed by atoms with Crippen molar-refractivity contribution in [3.05, 3.63) is 47.7 Å². The predicted octanol–water partition coefficient (Wildman–Crippen LogP) is 2.33. The van der Waals surface area contributed by atoms with Crippen molar-refractivity contribution < 1.29 is 17.6 Å². The number of hydrogen-bond donors (Lipinski definition) is 4. The number of carbonyl (C=O) groups is 1. The molecule has 0 unspecified atom stereocenters. The molecule has 1 aromatic carbocycles. The molecular weight excluding hydrogens is 473 g/mol. The van der Waals surface area contributed by atoms with Crippen LogP contribution in [0.4, 0.5) is 21.7 Å². The summed E-state index contributed by atoms with van der Waals surface area (Å²) in [5, 5.41) is 16.3. The number of nitrogens with one attached hydrogen (secondary N) is 4. The average molecular weight is 504 g/mol. The molecule has 12 heteroatoms. The fourth-order valence-corrected chi connectivity index (χ4v) is 4.63. The molecule has 35 heavy (non-hydrogen) atoms. The molecule has 0 radical (unpaired) electrons. The average Bonchev–Trinajstić information content (AvgIpc) is 2.79. The quantitative estimate of drug-likeness (QED) is 0.382. The summed E-state index contributed by atoms with van der Waals surface area (Å²) in [5.74, 6) is -0.791. The normalized spacial score (nSPS) is 16.1. The maximum atomic E-state index is 14.7. The molecule has 1 aromatic heterocycles. The molecule has 2 heterocycles. The monoisotopic (exact) mass is 503 g/mol. The minimum atomic E-state index is -3.03. The maximum Gasteiger partial charge on any atom is 0.238 e. The van der Waals surface area contributed by atoms with Crippen molar-refractivity contribution in [1.29, 1.82) is 5.41 Å². The first kappa shape index (κ1) is 26.2. The number of rotatable bonds is 9. The number of aryl methyl sites for hydroxylation is 1. The summed E-state index contributed by atoms with van der Waals surface area (Å²) >= 11 is 0. The van der Waals surface area contributed by atoms with E-state index in [1.807, 2.05) is 20.8 Å². The van der Waals surface area contributed by atoms with Crippen LogP contribution >= 0.6 is 0 Å². The highest BCUT2D eigenvalue weighted by Gasteiger charge is 2.23. The first-order chi connectivity index (χ1) is 16.6. The molecule has 0 spiro atoms. The number of amides is 1. The number of halogens is 1. The van der Waals surface area contributed by atoms with Crippen LogP contribution in [0.15, 0.2) is 30.6 Å². The molecule has 0 saturated carbocycles. The Bertz CT molecular complexity index is 1220. The van der Waals surface area contributed by atoms with Gasteiger partial charge in [0.05, 0.1) is 29.4 Å². The van der Waals surface area contributed by atoms with E-state index >= 15 is 0 Å².